The molecule has 0 spiro atoms. The number of hydrogen-bond donors (Lipinski definition) is 2. The van der Waals surface area contributed by atoms with Gasteiger partial charge >= 0.3 is 11.3 Å². The van der Waals surface area contributed by atoms with Gasteiger partial charge in [-0.3, -0.25) is 4.98 Å². The molecule has 0 saturated heterocycles. The molecule has 7 nitrogen and oxygen atoms in total. The Morgan fingerprint density at radius 1 is 0.800 bits per heavy atom. The standard InChI is InChI=1S/C22H13NO6S/c24-19-11-5-1-3-7-13(11)28-21(26)17(19)16(15-9-23-10-30-15)18-20(25)12-6-2-4-8-14(12)29-22(18)27/h1-10,16,24-25H. The van der Waals surface area contributed by atoms with E-state index in [1.165, 1.54) is 23.0 Å². The third-order valence-electron chi connectivity index (χ3n) is 4.95. The normalized spacial score (nSPS) is 11.5. The van der Waals surface area contributed by atoms with Crippen LogP contribution in [0.15, 0.2) is 78.7 Å². The maximum atomic E-state index is 12.9. The van der Waals surface area contributed by atoms with Crippen LogP contribution in [-0.2, 0) is 0 Å². The number of benzene rings is 2. The molecule has 8 heteroatoms. The lowest BCUT2D eigenvalue weighted by molar-refractivity contribution is 0.442. The Morgan fingerprint density at radius 3 is 1.77 bits per heavy atom. The molecule has 5 rings (SSSR count). The van der Waals surface area contributed by atoms with E-state index in [4.69, 9.17) is 8.83 Å². The lowest BCUT2D eigenvalue weighted by Crippen LogP contribution is -2.20. The summed E-state index contributed by atoms with van der Waals surface area (Å²) in [5, 5.41) is 22.6. The quantitative estimate of drug-likeness (QED) is 0.426. The number of hydrogen-bond acceptors (Lipinski definition) is 8. The molecule has 0 fully saturated rings. The van der Waals surface area contributed by atoms with Gasteiger partial charge in [-0.1, -0.05) is 24.3 Å². The number of aromatic nitrogens is 1. The second kappa shape index (κ2) is 6.85. The highest BCUT2D eigenvalue weighted by molar-refractivity contribution is 7.09. The van der Waals surface area contributed by atoms with Crippen LogP contribution in [-0.4, -0.2) is 15.2 Å². The molecule has 0 amide bonds. The zero-order chi connectivity index (χ0) is 20.8. The van der Waals surface area contributed by atoms with Gasteiger partial charge in [0, 0.05) is 11.1 Å². The molecule has 148 valence electrons. The van der Waals surface area contributed by atoms with Gasteiger partial charge in [-0.15, -0.1) is 11.3 Å². The summed E-state index contributed by atoms with van der Waals surface area (Å²) < 4.78 is 10.8. The SMILES string of the molecule is O=c1oc2ccccc2c(O)c1C(c1cncs1)c1c(O)c2ccccc2oc1=O. The maximum absolute atomic E-state index is 12.9. The fourth-order valence-corrected chi connectivity index (χ4v) is 4.34. The number of fused-ring (bicyclic) bond motifs is 2. The fourth-order valence-electron chi connectivity index (χ4n) is 3.60. The molecule has 0 aliphatic heterocycles. The van der Waals surface area contributed by atoms with Gasteiger partial charge in [0.25, 0.3) is 0 Å². The Labute approximate surface area is 172 Å². The first kappa shape index (κ1) is 18.1. The molecule has 0 atom stereocenters. The highest BCUT2D eigenvalue weighted by atomic mass is 32.1. The summed E-state index contributed by atoms with van der Waals surface area (Å²) in [7, 11) is 0. The Kier molecular flexibility index (Phi) is 4.14. The highest BCUT2D eigenvalue weighted by Crippen LogP contribution is 2.42. The Balaban J connectivity index is 1.90. The highest BCUT2D eigenvalue weighted by Gasteiger charge is 2.33. The summed E-state index contributed by atoms with van der Waals surface area (Å²) in [6, 6.07) is 13.1. The van der Waals surface area contributed by atoms with Crippen molar-refractivity contribution in [3.05, 3.63) is 97.1 Å². The van der Waals surface area contributed by atoms with Gasteiger partial charge in [0.1, 0.15) is 22.7 Å². The van der Waals surface area contributed by atoms with Gasteiger partial charge in [-0.25, -0.2) is 9.59 Å². The molecule has 5 aromatic rings. The molecule has 0 saturated carbocycles. The van der Waals surface area contributed by atoms with Crippen LogP contribution in [0, 0.1) is 0 Å². The summed E-state index contributed by atoms with van der Waals surface area (Å²) in [6.07, 6.45) is 1.47. The molecule has 2 N–H and O–H groups in total. The molecule has 0 unspecified atom stereocenters. The number of para-hydroxylation sites is 2. The average Bonchev–Trinajstić information content (AvgIpc) is 3.27. The summed E-state index contributed by atoms with van der Waals surface area (Å²) in [5.41, 5.74) is -0.0372. The zero-order valence-corrected chi connectivity index (χ0v) is 16.1. The molecule has 0 aliphatic carbocycles. The van der Waals surface area contributed by atoms with E-state index in [1.54, 1.807) is 48.5 Å². The van der Waals surface area contributed by atoms with E-state index in [9.17, 15) is 19.8 Å². The van der Waals surface area contributed by atoms with Crippen LogP contribution in [0.1, 0.15) is 21.9 Å². The summed E-state index contributed by atoms with van der Waals surface area (Å²) in [5.74, 6) is -1.78. The van der Waals surface area contributed by atoms with E-state index in [0.29, 0.717) is 15.6 Å². The first-order chi connectivity index (χ1) is 14.6. The van der Waals surface area contributed by atoms with Crippen LogP contribution in [0.25, 0.3) is 21.9 Å². The van der Waals surface area contributed by atoms with E-state index in [0.717, 1.165) is 0 Å². The first-order valence-corrected chi connectivity index (χ1v) is 9.82. The van der Waals surface area contributed by atoms with E-state index in [2.05, 4.69) is 4.98 Å². The van der Waals surface area contributed by atoms with Gasteiger partial charge in [-0.05, 0) is 24.3 Å². The molecular formula is C22H13NO6S. The summed E-state index contributed by atoms with van der Waals surface area (Å²) in [6.45, 7) is 0. The minimum atomic E-state index is -1.13. The molecule has 0 bridgehead atoms. The van der Waals surface area contributed by atoms with Gasteiger partial charge in [0.15, 0.2) is 0 Å². The van der Waals surface area contributed by atoms with Crippen molar-refractivity contribution >= 4 is 33.3 Å². The Hall–Kier alpha value is -3.91. The van der Waals surface area contributed by atoms with Crippen LogP contribution in [0.5, 0.6) is 11.5 Å². The van der Waals surface area contributed by atoms with E-state index in [1.807, 2.05) is 0 Å². The molecular weight excluding hydrogens is 406 g/mol. The number of rotatable bonds is 3. The van der Waals surface area contributed by atoms with Crippen molar-refractivity contribution in [1.29, 1.82) is 0 Å². The van der Waals surface area contributed by atoms with Crippen molar-refractivity contribution in [2.45, 2.75) is 5.92 Å². The van der Waals surface area contributed by atoms with Crippen molar-refractivity contribution in [3.63, 3.8) is 0 Å². The largest absolute Gasteiger partial charge is 0.507 e. The van der Waals surface area contributed by atoms with Crippen molar-refractivity contribution in [1.82, 2.24) is 4.98 Å². The van der Waals surface area contributed by atoms with Gasteiger partial charge in [0.05, 0.1) is 33.3 Å². The summed E-state index contributed by atoms with van der Waals surface area (Å²) in [4.78, 5) is 30.3. The Morgan fingerprint density at radius 2 is 1.30 bits per heavy atom. The van der Waals surface area contributed by atoms with Crippen LogP contribution in [0.3, 0.4) is 0 Å². The van der Waals surface area contributed by atoms with E-state index in [-0.39, 0.29) is 33.8 Å². The van der Waals surface area contributed by atoms with Gasteiger partial charge < -0.3 is 19.0 Å². The first-order valence-electron chi connectivity index (χ1n) is 8.94. The van der Waals surface area contributed by atoms with Crippen LogP contribution in [0.2, 0.25) is 0 Å². The predicted octanol–water partition coefficient (Wildman–Crippen LogP) is 3.95. The molecule has 0 aliphatic rings. The van der Waals surface area contributed by atoms with Crippen molar-refractivity contribution < 1.29 is 19.0 Å². The van der Waals surface area contributed by atoms with Crippen molar-refractivity contribution in [2.75, 3.05) is 0 Å². The van der Waals surface area contributed by atoms with Crippen molar-refractivity contribution in [2.24, 2.45) is 0 Å². The third kappa shape index (κ3) is 2.69. The topological polar surface area (TPSA) is 114 Å². The number of thiazole rings is 1. The fraction of sp³-hybridized carbons (Fsp3) is 0.0455. The second-order valence-electron chi connectivity index (χ2n) is 6.63. The minimum Gasteiger partial charge on any atom is -0.507 e. The lowest BCUT2D eigenvalue weighted by atomic mass is 9.89. The summed E-state index contributed by atoms with van der Waals surface area (Å²) >= 11 is 1.17. The van der Waals surface area contributed by atoms with Crippen LogP contribution < -0.4 is 11.3 Å². The molecule has 0 radical (unpaired) electrons. The van der Waals surface area contributed by atoms with Gasteiger partial charge in [0.2, 0.25) is 0 Å². The smallest absolute Gasteiger partial charge is 0.344 e. The van der Waals surface area contributed by atoms with Crippen LogP contribution >= 0.6 is 11.3 Å². The van der Waals surface area contributed by atoms with Gasteiger partial charge in [-0.2, -0.15) is 0 Å². The van der Waals surface area contributed by atoms with E-state index < -0.39 is 17.2 Å². The average molecular weight is 419 g/mol. The number of nitrogens with zero attached hydrogens (tertiary/aromatic N) is 1. The predicted molar refractivity (Wildman–Crippen MR) is 111 cm³/mol. The molecule has 3 aromatic heterocycles. The maximum Gasteiger partial charge on any atom is 0.344 e. The van der Waals surface area contributed by atoms with Crippen molar-refractivity contribution in [3.8, 4) is 11.5 Å². The molecule has 2 aromatic carbocycles. The second-order valence-corrected chi connectivity index (χ2v) is 7.55. The minimum absolute atomic E-state index is 0.171. The number of aromatic hydroxyl groups is 2. The van der Waals surface area contributed by atoms with E-state index >= 15 is 0 Å². The molecule has 3 heterocycles. The Bertz CT molecular complexity index is 1420. The monoisotopic (exact) mass is 419 g/mol. The zero-order valence-electron chi connectivity index (χ0n) is 15.2. The lowest BCUT2D eigenvalue weighted by Gasteiger charge is -2.17. The third-order valence-corrected chi connectivity index (χ3v) is 5.79. The molecule has 30 heavy (non-hydrogen) atoms. The van der Waals surface area contributed by atoms with Crippen LogP contribution in [0.4, 0.5) is 0 Å².